The highest BCUT2D eigenvalue weighted by molar-refractivity contribution is 6.95. The van der Waals surface area contributed by atoms with E-state index in [1.165, 1.54) is 23.7 Å². The highest BCUT2D eigenvalue weighted by Crippen LogP contribution is 2.35. The molecule has 1 saturated heterocycles. The van der Waals surface area contributed by atoms with Crippen LogP contribution in [-0.4, -0.2) is 16.6 Å². The van der Waals surface area contributed by atoms with Gasteiger partial charge in [0, 0.05) is 0 Å². The Morgan fingerprint density at radius 1 is 1.07 bits per heavy atom. The molecule has 1 aromatic carbocycles. The average Bonchev–Trinajstić information content (AvgIpc) is 2.11. The summed E-state index contributed by atoms with van der Waals surface area (Å²) in [6.45, 7) is 6.93. The largest absolute Gasteiger partial charge is 0.452 e. The second kappa shape index (κ2) is 3.88. The number of rotatable bonds is 3. The lowest BCUT2D eigenvalue weighted by atomic mass is 10.4. The summed E-state index contributed by atoms with van der Waals surface area (Å²) in [5, 5.41) is 1.51. The van der Waals surface area contributed by atoms with Gasteiger partial charge in [0.05, 0.1) is 0 Å². The van der Waals surface area contributed by atoms with E-state index < -0.39 is 16.6 Å². The maximum absolute atomic E-state index is 6.53. The molecule has 0 atom stereocenters. The molecule has 1 aliphatic heterocycles. The van der Waals surface area contributed by atoms with Gasteiger partial charge in [-0.3, -0.25) is 0 Å². The van der Waals surface area contributed by atoms with Crippen molar-refractivity contribution in [3.8, 4) is 0 Å². The van der Waals surface area contributed by atoms with Crippen LogP contribution in [-0.2, 0) is 4.12 Å². The van der Waals surface area contributed by atoms with Crippen LogP contribution in [0.15, 0.2) is 30.3 Å². The van der Waals surface area contributed by atoms with E-state index in [4.69, 9.17) is 4.12 Å². The summed E-state index contributed by atoms with van der Waals surface area (Å²) in [6, 6.07) is 13.6. The van der Waals surface area contributed by atoms with Crippen molar-refractivity contribution in [3.63, 3.8) is 0 Å². The quantitative estimate of drug-likeness (QED) is 0.733. The summed E-state index contributed by atoms with van der Waals surface area (Å²) in [6.07, 6.45) is 1.37. The van der Waals surface area contributed by atoms with Gasteiger partial charge in [-0.15, -0.1) is 0 Å². The molecule has 0 amide bonds. The minimum Gasteiger partial charge on any atom is -0.452 e. The summed E-state index contributed by atoms with van der Waals surface area (Å²) in [4.78, 5) is 0. The predicted octanol–water partition coefficient (Wildman–Crippen LogP) is 3.09. The topological polar surface area (TPSA) is 9.23 Å². The van der Waals surface area contributed by atoms with Gasteiger partial charge in [0.15, 0.2) is 8.32 Å². The molecule has 1 aliphatic rings. The zero-order valence-corrected chi connectivity index (χ0v) is 11.9. The van der Waals surface area contributed by atoms with Gasteiger partial charge in [0.2, 0.25) is 8.32 Å². The van der Waals surface area contributed by atoms with E-state index in [1.54, 1.807) is 0 Å². The first-order chi connectivity index (χ1) is 7.02. The SMILES string of the molecule is C[Si](C)(C)O[Si]1(c2ccccc2)CCC1. The fraction of sp³-hybridized carbons (Fsp3) is 0.500. The fourth-order valence-electron chi connectivity index (χ4n) is 2.28. The molecule has 3 heteroatoms. The third-order valence-electron chi connectivity index (χ3n) is 2.96. The van der Waals surface area contributed by atoms with Crippen molar-refractivity contribution >= 4 is 21.8 Å². The van der Waals surface area contributed by atoms with E-state index in [-0.39, 0.29) is 0 Å². The molecule has 0 radical (unpaired) electrons. The zero-order valence-electron chi connectivity index (χ0n) is 9.92. The van der Waals surface area contributed by atoms with E-state index in [0.717, 1.165) is 0 Å². The standard InChI is InChI=1S/C12H20OSi2/c1-14(2,3)13-15(10-7-11-15)12-8-5-4-6-9-12/h4-6,8-9H,7,10-11H2,1-3H3. The van der Waals surface area contributed by atoms with Gasteiger partial charge in [-0.05, 0) is 36.9 Å². The lowest BCUT2D eigenvalue weighted by Gasteiger charge is -2.44. The van der Waals surface area contributed by atoms with Crippen molar-refractivity contribution in [1.29, 1.82) is 0 Å². The van der Waals surface area contributed by atoms with Crippen LogP contribution in [0.4, 0.5) is 0 Å². The average molecular weight is 236 g/mol. The van der Waals surface area contributed by atoms with Crippen molar-refractivity contribution < 1.29 is 4.12 Å². The van der Waals surface area contributed by atoms with Gasteiger partial charge >= 0.3 is 0 Å². The molecule has 1 nitrogen and oxygen atoms in total. The summed E-state index contributed by atoms with van der Waals surface area (Å²) in [7, 11) is -2.88. The van der Waals surface area contributed by atoms with Crippen LogP contribution in [0.5, 0.6) is 0 Å². The van der Waals surface area contributed by atoms with E-state index in [2.05, 4.69) is 50.0 Å². The molecule has 0 bridgehead atoms. The molecule has 82 valence electrons. The Balaban J connectivity index is 2.23. The van der Waals surface area contributed by atoms with Crippen molar-refractivity contribution in [3.05, 3.63) is 30.3 Å². The third-order valence-corrected chi connectivity index (χ3v) is 10.7. The Hall–Kier alpha value is -0.386. The van der Waals surface area contributed by atoms with Gasteiger partial charge in [-0.1, -0.05) is 36.8 Å². The molecule has 1 heterocycles. The summed E-state index contributed by atoms with van der Waals surface area (Å²) < 4.78 is 6.53. The van der Waals surface area contributed by atoms with E-state index in [0.29, 0.717) is 0 Å². The first-order valence-corrected chi connectivity index (χ1v) is 11.5. The van der Waals surface area contributed by atoms with E-state index in [9.17, 15) is 0 Å². The predicted molar refractivity (Wildman–Crippen MR) is 70.5 cm³/mol. The normalized spacial score (nSPS) is 19.7. The van der Waals surface area contributed by atoms with Crippen LogP contribution in [0.2, 0.25) is 31.7 Å². The molecule has 1 fully saturated rings. The molecule has 15 heavy (non-hydrogen) atoms. The molecule has 0 N–H and O–H groups in total. The van der Waals surface area contributed by atoms with Crippen molar-refractivity contribution in [1.82, 2.24) is 0 Å². The van der Waals surface area contributed by atoms with E-state index in [1.807, 2.05) is 0 Å². The molecular weight excluding hydrogens is 216 g/mol. The van der Waals surface area contributed by atoms with Crippen LogP contribution in [0, 0.1) is 0 Å². The maximum Gasteiger partial charge on any atom is 0.212 e. The second-order valence-corrected chi connectivity index (χ2v) is 14.0. The van der Waals surface area contributed by atoms with Crippen molar-refractivity contribution in [2.75, 3.05) is 0 Å². The smallest absolute Gasteiger partial charge is 0.212 e. The van der Waals surface area contributed by atoms with Gasteiger partial charge in [-0.25, -0.2) is 0 Å². The molecular formula is C12H20OSi2. The first kappa shape index (κ1) is 11.1. The Kier molecular flexibility index (Phi) is 2.88. The second-order valence-electron chi connectivity index (χ2n) is 5.43. The number of benzene rings is 1. The van der Waals surface area contributed by atoms with Crippen LogP contribution >= 0.6 is 0 Å². The highest BCUT2D eigenvalue weighted by Gasteiger charge is 2.45. The molecule has 2 rings (SSSR count). The molecule has 0 aliphatic carbocycles. The lowest BCUT2D eigenvalue weighted by Crippen LogP contribution is -2.60. The van der Waals surface area contributed by atoms with Gasteiger partial charge in [-0.2, -0.15) is 0 Å². The number of hydrogen-bond acceptors (Lipinski definition) is 1. The summed E-state index contributed by atoms with van der Waals surface area (Å²) in [5.41, 5.74) is 0. The molecule has 1 aromatic rings. The fourth-order valence-corrected chi connectivity index (χ4v) is 10.6. The Morgan fingerprint density at radius 2 is 1.67 bits per heavy atom. The van der Waals surface area contributed by atoms with Gasteiger partial charge in [0.25, 0.3) is 0 Å². The van der Waals surface area contributed by atoms with Crippen molar-refractivity contribution in [2.24, 2.45) is 0 Å². The molecule has 0 spiro atoms. The van der Waals surface area contributed by atoms with Gasteiger partial charge in [0.1, 0.15) is 0 Å². The van der Waals surface area contributed by atoms with Crippen LogP contribution in [0.1, 0.15) is 6.42 Å². The van der Waals surface area contributed by atoms with Crippen molar-refractivity contribution in [2.45, 2.75) is 38.2 Å². The maximum atomic E-state index is 6.53. The third kappa shape index (κ3) is 2.41. The van der Waals surface area contributed by atoms with Crippen LogP contribution in [0.25, 0.3) is 0 Å². The minimum absolute atomic E-state index is 1.33. The molecule has 0 saturated carbocycles. The van der Waals surface area contributed by atoms with E-state index >= 15 is 0 Å². The van der Waals surface area contributed by atoms with Crippen LogP contribution in [0.3, 0.4) is 0 Å². The highest BCUT2D eigenvalue weighted by atomic mass is 28.4. The summed E-state index contributed by atoms with van der Waals surface area (Å²) in [5.74, 6) is 0. The van der Waals surface area contributed by atoms with Crippen LogP contribution < -0.4 is 5.19 Å². The monoisotopic (exact) mass is 236 g/mol. The first-order valence-electron chi connectivity index (χ1n) is 5.78. The molecule has 0 unspecified atom stereocenters. The van der Waals surface area contributed by atoms with Gasteiger partial charge < -0.3 is 4.12 Å². The zero-order chi connectivity index (χ0) is 10.9. The number of hydrogen-bond donors (Lipinski definition) is 0. The Labute approximate surface area is 94.7 Å². The summed E-state index contributed by atoms with van der Waals surface area (Å²) >= 11 is 0. The lowest BCUT2D eigenvalue weighted by molar-refractivity contribution is 0.515. The Morgan fingerprint density at radius 3 is 2.07 bits per heavy atom. The molecule has 0 aromatic heterocycles. The Bertz CT molecular complexity index is 325. The minimum atomic E-state index is -1.49.